The van der Waals surface area contributed by atoms with Gasteiger partial charge in [0, 0.05) is 6.04 Å². The molecule has 0 aromatic carbocycles. The van der Waals surface area contributed by atoms with Gasteiger partial charge in [-0.3, -0.25) is 4.79 Å². The van der Waals surface area contributed by atoms with E-state index in [2.05, 4.69) is 12.2 Å². The fraction of sp³-hybridized carbons (Fsp3) is 0.900. The van der Waals surface area contributed by atoms with Crippen molar-refractivity contribution < 1.29 is 9.53 Å². The summed E-state index contributed by atoms with van der Waals surface area (Å²) in [7, 11) is 0. The lowest BCUT2D eigenvalue weighted by Gasteiger charge is -2.13. The lowest BCUT2D eigenvalue weighted by Crippen LogP contribution is -2.35. The molecule has 1 amide bonds. The molecule has 0 heterocycles. The Kier molecular flexibility index (Phi) is 6.59. The zero-order valence-electron chi connectivity index (χ0n) is 9.09. The molecule has 0 bridgehead atoms. The zero-order chi connectivity index (χ0) is 10.3. The van der Waals surface area contributed by atoms with Crippen LogP contribution in [0.15, 0.2) is 0 Å². The summed E-state index contributed by atoms with van der Waals surface area (Å²) in [6, 6.07) is 0.258. The molecule has 78 valence electrons. The molecule has 3 nitrogen and oxygen atoms in total. The Morgan fingerprint density at radius 3 is 2.46 bits per heavy atom. The second-order valence-electron chi connectivity index (χ2n) is 3.62. The molecule has 0 saturated carbocycles. The summed E-state index contributed by atoms with van der Waals surface area (Å²) in [5, 5.41) is 2.87. The predicted octanol–water partition coefficient (Wildman–Crippen LogP) is 1.72. The van der Waals surface area contributed by atoms with Gasteiger partial charge < -0.3 is 10.1 Å². The molecule has 0 rings (SSSR count). The second-order valence-corrected chi connectivity index (χ2v) is 3.62. The maximum absolute atomic E-state index is 11.2. The number of rotatable bonds is 6. The van der Waals surface area contributed by atoms with Gasteiger partial charge >= 0.3 is 0 Å². The summed E-state index contributed by atoms with van der Waals surface area (Å²) in [6.07, 6.45) is 2.23. The van der Waals surface area contributed by atoms with Crippen molar-refractivity contribution in [2.45, 2.75) is 52.7 Å². The zero-order valence-corrected chi connectivity index (χ0v) is 9.09. The van der Waals surface area contributed by atoms with Crippen LogP contribution in [0.25, 0.3) is 0 Å². The maximum Gasteiger partial charge on any atom is 0.246 e. The van der Waals surface area contributed by atoms with Crippen LogP contribution in [0.2, 0.25) is 0 Å². The number of amides is 1. The Morgan fingerprint density at radius 2 is 2.00 bits per heavy atom. The highest BCUT2D eigenvalue weighted by atomic mass is 16.5. The average molecular weight is 187 g/mol. The van der Waals surface area contributed by atoms with Gasteiger partial charge in [0.25, 0.3) is 0 Å². The smallest absolute Gasteiger partial charge is 0.246 e. The molecule has 1 atom stereocenters. The molecule has 3 heteroatoms. The third-order valence-electron chi connectivity index (χ3n) is 1.68. The normalized spacial score (nSPS) is 13.0. The van der Waals surface area contributed by atoms with Crippen molar-refractivity contribution in [1.29, 1.82) is 0 Å². The minimum absolute atomic E-state index is 0.0188. The fourth-order valence-corrected chi connectivity index (χ4v) is 1.06. The highest BCUT2D eigenvalue weighted by Gasteiger charge is 2.06. The van der Waals surface area contributed by atoms with Gasteiger partial charge in [0.1, 0.15) is 6.61 Å². The van der Waals surface area contributed by atoms with E-state index in [1.807, 2.05) is 20.8 Å². The van der Waals surface area contributed by atoms with Gasteiger partial charge in [-0.15, -0.1) is 0 Å². The number of nitrogens with one attached hydrogen (secondary N) is 1. The lowest BCUT2D eigenvalue weighted by molar-refractivity contribution is -0.127. The first-order valence-electron chi connectivity index (χ1n) is 4.97. The van der Waals surface area contributed by atoms with Crippen LogP contribution in [-0.2, 0) is 9.53 Å². The lowest BCUT2D eigenvalue weighted by atomic mass is 10.2. The Balaban J connectivity index is 3.50. The molecular weight excluding hydrogens is 166 g/mol. The van der Waals surface area contributed by atoms with Crippen molar-refractivity contribution in [2.24, 2.45) is 0 Å². The van der Waals surface area contributed by atoms with Crippen molar-refractivity contribution in [3.05, 3.63) is 0 Å². The molecule has 0 aliphatic heterocycles. The number of carbonyl (C=O) groups excluding carboxylic acids is 1. The highest BCUT2D eigenvalue weighted by molar-refractivity contribution is 5.77. The molecule has 0 aliphatic rings. The molecule has 0 radical (unpaired) electrons. The Labute approximate surface area is 80.8 Å². The van der Waals surface area contributed by atoms with Gasteiger partial charge in [-0.25, -0.2) is 0 Å². The fourth-order valence-electron chi connectivity index (χ4n) is 1.06. The van der Waals surface area contributed by atoms with Crippen LogP contribution in [0, 0.1) is 0 Å². The third-order valence-corrected chi connectivity index (χ3v) is 1.68. The van der Waals surface area contributed by atoms with Crippen molar-refractivity contribution in [3.8, 4) is 0 Å². The monoisotopic (exact) mass is 187 g/mol. The quantitative estimate of drug-likeness (QED) is 0.687. The van der Waals surface area contributed by atoms with E-state index in [4.69, 9.17) is 4.74 Å². The summed E-state index contributed by atoms with van der Waals surface area (Å²) < 4.78 is 5.17. The first-order valence-corrected chi connectivity index (χ1v) is 4.97. The molecule has 0 saturated heterocycles. The van der Waals surface area contributed by atoms with Crippen molar-refractivity contribution in [1.82, 2.24) is 5.32 Å². The van der Waals surface area contributed by atoms with E-state index >= 15 is 0 Å². The molecule has 1 N–H and O–H groups in total. The van der Waals surface area contributed by atoms with Gasteiger partial charge in [-0.2, -0.15) is 0 Å². The van der Waals surface area contributed by atoms with Crippen LogP contribution < -0.4 is 5.32 Å². The Morgan fingerprint density at radius 1 is 1.38 bits per heavy atom. The van der Waals surface area contributed by atoms with Gasteiger partial charge in [0.05, 0.1) is 6.10 Å². The minimum Gasteiger partial charge on any atom is -0.369 e. The van der Waals surface area contributed by atoms with E-state index in [1.54, 1.807) is 0 Å². The van der Waals surface area contributed by atoms with Crippen molar-refractivity contribution in [3.63, 3.8) is 0 Å². The van der Waals surface area contributed by atoms with E-state index in [1.165, 1.54) is 0 Å². The van der Waals surface area contributed by atoms with Gasteiger partial charge in [-0.05, 0) is 27.2 Å². The topological polar surface area (TPSA) is 38.3 Å². The van der Waals surface area contributed by atoms with Crippen LogP contribution in [0.5, 0.6) is 0 Å². The second kappa shape index (κ2) is 6.89. The number of hydrogen-bond acceptors (Lipinski definition) is 2. The van der Waals surface area contributed by atoms with Crippen molar-refractivity contribution >= 4 is 5.91 Å². The Bertz CT molecular complexity index is 146. The maximum atomic E-state index is 11.2. The van der Waals surface area contributed by atoms with Gasteiger partial charge in [0.2, 0.25) is 5.91 Å². The first kappa shape index (κ1) is 12.4. The van der Waals surface area contributed by atoms with E-state index in [0.717, 1.165) is 12.8 Å². The largest absolute Gasteiger partial charge is 0.369 e. The highest BCUT2D eigenvalue weighted by Crippen LogP contribution is 1.95. The molecule has 1 unspecified atom stereocenters. The summed E-state index contributed by atoms with van der Waals surface area (Å²) in [6.45, 7) is 8.13. The summed E-state index contributed by atoms with van der Waals surface area (Å²) in [5.41, 5.74) is 0. The van der Waals surface area contributed by atoms with Gasteiger partial charge in [0.15, 0.2) is 0 Å². The molecule has 0 fully saturated rings. The number of ether oxygens (including phenoxy) is 1. The van der Waals surface area contributed by atoms with E-state index in [0.29, 0.717) is 0 Å². The number of hydrogen-bond donors (Lipinski definition) is 1. The average Bonchev–Trinajstić information content (AvgIpc) is 2.01. The van der Waals surface area contributed by atoms with E-state index in [9.17, 15) is 4.79 Å². The first-order chi connectivity index (χ1) is 6.06. The summed E-state index contributed by atoms with van der Waals surface area (Å²) >= 11 is 0. The SMILES string of the molecule is CCCC(C)NC(=O)COC(C)C. The van der Waals surface area contributed by atoms with Crippen LogP contribution in [0.4, 0.5) is 0 Å². The van der Waals surface area contributed by atoms with E-state index in [-0.39, 0.29) is 24.7 Å². The van der Waals surface area contributed by atoms with E-state index < -0.39 is 0 Å². The van der Waals surface area contributed by atoms with Crippen LogP contribution in [-0.4, -0.2) is 24.7 Å². The minimum atomic E-state index is -0.0188. The molecule has 0 aliphatic carbocycles. The summed E-state index contributed by atoms with van der Waals surface area (Å²) in [4.78, 5) is 11.2. The molecule has 13 heavy (non-hydrogen) atoms. The van der Waals surface area contributed by atoms with Crippen LogP contribution in [0.3, 0.4) is 0 Å². The molecule has 0 aromatic rings. The third kappa shape index (κ3) is 7.78. The van der Waals surface area contributed by atoms with Crippen molar-refractivity contribution in [2.75, 3.05) is 6.61 Å². The van der Waals surface area contributed by atoms with Crippen LogP contribution in [0.1, 0.15) is 40.5 Å². The van der Waals surface area contributed by atoms with Gasteiger partial charge in [-0.1, -0.05) is 13.3 Å². The predicted molar refractivity (Wildman–Crippen MR) is 53.6 cm³/mol. The Hall–Kier alpha value is -0.570. The summed E-state index contributed by atoms with van der Waals surface area (Å²) in [5.74, 6) is -0.0188. The number of carbonyl (C=O) groups is 1. The van der Waals surface area contributed by atoms with Crippen LogP contribution >= 0.6 is 0 Å². The standard InChI is InChI=1S/C10H21NO2/c1-5-6-9(4)11-10(12)7-13-8(2)3/h8-9H,5-7H2,1-4H3,(H,11,12). The molecular formula is C10H21NO2. The molecule has 0 aromatic heterocycles. The molecule has 0 spiro atoms.